The van der Waals surface area contributed by atoms with Crippen LogP contribution in [-0.4, -0.2) is 26.7 Å². The van der Waals surface area contributed by atoms with E-state index in [9.17, 15) is 13.2 Å². The summed E-state index contributed by atoms with van der Waals surface area (Å²) in [6.45, 7) is 5.31. The number of hydrogen-bond acceptors (Lipinski definition) is 5. The molecule has 1 N–H and O–H groups in total. The lowest BCUT2D eigenvalue weighted by atomic mass is 10.0. The van der Waals surface area contributed by atoms with Crippen LogP contribution in [0, 0.1) is 16.7 Å². The summed E-state index contributed by atoms with van der Waals surface area (Å²) in [5.74, 6) is -0.173. The third-order valence-electron chi connectivity index (χ3n) is 2.48. The Balaban J connectivity index is 2.60. The van der Waals surface area contributed by atoms with E-state index in [0.717, 1.165) is 0 Å². The number of ether oxygens (including phenoxy) is 1. The van der Waals surface area contributed by atoms with Crippen molar-refractivity contribution in [2.24, 2.45) is 5.41 Å². The Labute approximate surface area is 131 Å². The SMILES string of the molecule is CC(C)(C)CS(=O)(=O)NC(=O)Cc1ccc(OCC#N)cc1. The number of hydrogen-bond donors (Lipinski definition) is 1. The van der Waals surface area contributed by atoms with Crippen molar-refractivity contribution in [3.63, 3.8) is 0 Å². The van der Waals surface area contributed by atoms with Crippen molar-refractivity contribution in [1.29, 1.82) is 5.26 Å². The molecule has 120 valence electrons. The van der Waals surface area contributed by atoms with Crippen LogP contribution in [0.1, 0.15) is 26.3 Å². The first-order valence-electron chi connectivity index (χ1n) is 6.73. The molecule has 0 aliphatic carbocycles. The second kappa shape index (κ2) is 7.27. The topological polar surface area (TPSA) is 96.3 Å². The van der Waals surface area contributed by atoms with Crippen molar-refractivity contribution in [2.45, 2.75) is 27.2 Å². The molecule has 0 bridgehead atoms. The number of rotatable bonds is 6. The monoisotopic (exact) mass is 324 g/mol. The van der Waals surface area contributed by atoms with Crippen LogP contribution in [-0.2, 0) is 21.2 Å². The number of benzene rings is 1. The second-order valence-electron chi connectivity index (χ2n) is 6.11. The van der Waals surface area contributed by atoms with Crippen LogP contribution < -0.4 is 9.46 Å². The average molecular weight is 324 g/mol. The average Bonchev–Trinajstić information content (AvgIpc) is 2.34. The first-order valence-corrected chi connectivity index (χ1v) is 8.38. The van der Waals surface area contributed by atoms with Gasteiger partial charge in [0, 0.05) is 0 Å². The highest BCUT2D eigenvalue weighted by Gasteiger charge is 2.23. The molecule has 1 aromatic carbocycles. The normalized spacial score (nSPS) is 11.5. The van der Waals surface area contributed by atoms with Gasteiger partial charge in [0.25, 0.3) is 0 Å². The first kappa shape index (κ1) is 18.0. The van der Waals surface area contributed by atoms with Gasteiger partial charge in [-0.3, -0.25) is 9.52 Å². The Bertz CT molecular complexity index is 652. The third-order valence-corrected chi connectivity index (χ3v) is 4.27. The van der Waals surface area contributed by atoms with Gasteiger partial charge in [0.2, 0.25) is 15.9 Å². The largest absolute Gasteiger partial charge is 0.479 e. The Morgan fingerprint density at radius 3 is 2.36 bits per heavy atom. The Morgan fingerprint density at radius 2 is 1.86 bits per heavy atom. The van der Waals surface area contributed by atoms with Crippen molar-refractivity contribution in [1.82, 2.24) is 4.72 Å². The lowest BCUT2D eigenvalue weighted by Crippen LogP contribution is -2.37. The molecule has 0 aliphatic rings. The van der Waals surface area contributed by atoms with Gasteiger partial charge in [-0.15, -0.1) is 0 Å². The van der Waals surface area contributed by atoms with Gasteiger partial charge in [0.1, 0.15) is 11.8 Å². The number of nitrogens with one attached hydrogen (secondary N) is 1. The molecule has 0 fully saturated rings. The molecule has 0 spiro atoms. The molecule has 0 saturated heterocycles. The molecule has 7 heteroatoms. The van der Waals surface area contributed by atoms with E-state index in [2.05, 4.69) is 4.72 Å². The molecule has 0 radical (unpaired) electrons. The molecular formula is C15H20N2O4S. The maximum absolute atomic E-state index is 11.8. The summed E-state index contributed by atoms with van der Waals surface area (Å²) in [7, 11) is -3.64. The van der Waals surface area contributed by atoms with Crippen LogP contribution in [0.25, 0.3) is 0 Å². The highest BCUT2D eigenvalue weighted by Crippen LogP contribution is 2.16. The van der Waals surface area contributed by atoms with Crippen molar-refractivity contribution in [3.05, 3.63) is 29.8 Å². The fourth-order valence-corrected chi connectivity index (χ4v) is 3.45. The van der Waals surface area contributed by atoms with Gasteiger partial charge in [0.15, 0.2) is 6.61 Å². The van der Waals surface area contributed by atoms with Gasteiger partial charge < -0.3 is 4.74 Å². The zero-order chi connectivity index (χ0) is 16.8. The molecule has 6 nitrogen and oxygen atoms in total. The highest BCUT2D eigenvalue weighted by atomic mass is 32.2. The minimum absolute atomic E-state index is 0.0398. The van der Waals surface area contributed by atoms with Gasteiger partial charge in [-0.1, -0.05) is 32.9 Å². The van der Waals surface area contributed by atoms with Crippen molar-refractivity contribution >= 4 is 15.9 Å². The number of carbonyl (C=O) groups is 1. The lowest BCUT2D eigenvalue weighted by molar-refractivity contribution is -0.118. The summed E-state index contributed by atoms with van der Waals surface area (Å²) in [6, 6.07) is 8.42. The van der Waals surface area contributed by atoms with E-state index in [1.54, 1.807) is 45.0 Å². The minimum atomic E-state index is -3.64. The van der Waals surface area contributed by atoms with Gasteiger partial charge in [-0.05, 0) is 23.1 Å². The van der Waals surface area contributed by atoms with Gasteiger partial charge >= 0.3 is 0 Å². The van der Waals surface area contributed by atoms with E-state index in [1.807, 2.05) is 6.07 Å². The molecule has 22 heavy (non-hydrogen) atoms. The summed E-state index contributed by atoms with van der Waals surface area (Å²) in [5, 5.41) is 8.40. The van der Waals surface area contributed by atoms with E-state index >= 15 is 0 Å². The fourth-order valence-electron chi connectivity index (χ4n) is 1.82. The van der Waals surface area contributed by atoms with Crippen molar-refractivity contribution in [2.75, 3.05) is 12.4 Å². The van der Waals surface area contributed by atoms with E-state index in [-0.39, 0.29) is 18.8 Å². The number of amides is 1. The van der Waals surface area contributed by atoms with Crippen LogP contribution in [0.3, 0.4) is 0 Å². The van der Waals surface area contributed by atoms with E-state index in [0.29, 0.717) is 11.3 Å². The molecule has 0 aromatic heterocycles. The summed E-state index contributed by atoms with van der Waals surface area (Å²) >= 11 is 0. The molecule has 0 aliphatic heterocycles. The third kappa shape index (κ3) is 7.09. The first-order chi connectivity index (χ1) is 10.1. The van der Waals surface area contributed by atoms with Gasteiger partial charge in [-0.25, -0.2) is 8.42 Å². The molecule has 1 amide bonds. The van der Waals surface area contributed by atoms with Crippen LogP contribution >= 0.6 is 0 Å². The molecule has 0 saturated carbocycles. The highest BCUT2D eigenvalue weighted by molar-refractivity contribution is 7.90. The van der Waals surface area contributed by atoms with E-state index in [1.165, 1.54) is 0 Å². The fraction of sp³-hybridized carbons (Fsp3) is 0.467. The number of nitriles is 1. The zero-order valence-corrected chi connectivity index (χ0v) is 13.7. The Kier molecular flexibility index (Phi) is 5.94. The van der Waals surface area contributed by atoms with Crippen LogP contribution in [0.4, 0.5) is 0 Å². The van der Waals surface area contributed by atoms with Crippen molar-refractivity contribution in [3.8, 4) is 11.8 Å². The maximum atomic E-state index is 11.8. The molecule has 0 atom stereocenters. The zero-order valence-electron chi connectivity index (χ0n) is 12.9. The second-order valence-corrected chi connectivity index (χ2v) is 7.83. The predicted molar refractivity (Wildman–Crippen MR) is 82.6 cm³/mol. The Morgan fingerprint density at radius 1 is 1.27 bits per heavy atom. The quantitative estimate of drug-likeness (QED) is 0.858. The molecule has 0 unspecified atom stereocenters. The van der Waals surface area contributed by atoms with E-state index in [4.69, 9.17) is 10.00 Å². The molecule has 1 rings (SSSR count). The summed E-state index contributed by atoms with van der Waals surface area (Å²) in [4.78, 5) is 11.8. The number of carbonyl (C=O) groups excluding carboxylic acids is 1. The van der Waals surface area contributed by atoms with E-state index < -0.39 is 21.3 Å². The van der Waals surface area contributed by atoms with Crippen LogP contribution in [0.5, 0.6) is 5.75 Å². The Hall–Kier alpha value is -2.07. The predicted octanol–water partition coefficient (Wildman–Crippen LogP) is 1.62. The van der Waals surface area contributed by atoms with Crippen LogP contribution in [0.15, 0.2) is 24.3 Å². The molecule has 1 aromatic rings. The molecule has 0 heterocycles. The minimum Gasteiger partial charge on any atom is -0.479 e. The lowest BCUT2D eigenvalue weighted by Gasteiger charge is -2.18. The van der Waals surface area contributed by atoms with Crippen molar-refractivity contribution < 1.29 is 17.9 Å². The van der Waals surface area contributed by atoms with Gasteiger partial charge in [-0.2, -0.15) is 5.26 Å². The number of sulfonamides is 1. The van der Waals surface area contributed by atoms with Gasteiger partial charge in [0.05, 0.1) is 12.2 Å². The number of nitrogens with zero attached hydrogens (tertiary/aromatic N) is 1. The summed E-state index contributed by atoms with van der Waals surface area (Å²) in [6.07, 6.45) is -0.0398. The van der Waals surface area contributed by atoms with Crippen LogP contribution in [0.2, 0.25) is 0 Å². The summed E-state index contributed by atoms with van der Waals surface area (Å²) in [5.41, 5.74) is 0.235. The molecular weight excluding hydrogens is 304 g/mol. The smallest absolute Gasteiger partial charge is 0.237 e. The maximum Gasteiger partial charge on any atom is 0.237 e. The standard InChI is InChI=1S/C15H20N2O4S/c1-15(2,3)11-22(19,20)17-14(18)10-12-4-6-13(7-5-12)21-9-8-16/h4-7H,9-11H2,1-3H3,(H,17,18). The summed E-state index contributed by atoms with van der Waals surface area (Å²) < 4.78 is 30.8.